The van der Waals surface area contributed by atoms with Crippen LogP contribution in [0.2, 0.25) is 0 Å². The van der Waals surface area contributed by atoms with Crippen molar-refractivity contribution in [3.63, 3.8) is 0 Å². The molecule has 0 bridgehead atoms. The van der Waals surface area contributed by atoms with Crippen molar-refractivity contribution >= 4 is 0 Å². The highest BCUT2D eigenvalue weighted by atomic mass is 19.4. The summed E-state index contributed by atoms with van der Waals surface area (Å²) >= 11 is 0. The van der Waals surface area contributed by atoms with Gasteiger partial charge >= 0.3 is 12.6 Å². The second kappa shape index (κ2) is 2.87. The zero-order valence-electron chi connectivity index (χ0n) is 5.92. The zero-order valence-corrected chi connectivity index (χ0v) is 5.92. The standard InChI is InChI=1S/C5H5F6N/c1-3(2)12(4(6,7)8)5(9,10)11/h1H2,2H3. The van der Waals surface area contributed by atoms with Crippen LogP contribution in [0.4, 0.5) is 26.3 Å². The number of allylic oxidation sites excluding steroid dienone is 1. The van der Waals surface area contributed by atoms with Crippen LogP contribution in [0.15, 0.2) is 12.3 Å². The van der Waals surface area contributed by atoms with Crippen molar-refractivity contribution < 1.29 is 26.3 Å². The monoisotopic (exact) mass is 193 g/mol. The summed E-state index contributed by atoms with van der Waals surface area (Å²) in [5, 5.41) is 0. The molecule has 0 unspecified atom stereocenters. The quantitative estimate of drug-likeness (QED) is 0.457. The van der Waals surface area contributed by atoms with Gasteiger partial charge in [-0.05, 0) is 6.92 Å². The third-order valence-electron chi connectivity index (χ3n) is 0.889. The summed E-state index contributed by atoms with van der Waals surface area (Å²) in [5.74, 6) is 0. The van der Waals surface area contributed by atoms with Crippen LogP contribution in [-0.4, -0.2) is 17.5 Å². The summed E-state index contributed by atoms with van der Waals surface area (Å²) in [4.78, 5) is -1.65. The van der Waals surface area contributed by atoms with Crippen LogP contribution >= 0.6 is 0 Å². The summed E-state index contributed by atoms with van der Waals surface area (Å²) in [6, 6.07) is 0. The summed E-state index contributed by atoms with van der Waals surface area (Å²) in [7, 11) is 0. The van der Waals surface area contributed by atoms with Crippen LogP contribution in [0.1, 0.15) is 6.92 Å². The van der Waals surface area contributed by atoms with Gasteiger partial charge in [0.2, 0.25) is 0 Å². The molecule has 72 valence electrons. The smallest absolute Gasteiger partial charge is 0.198 e. The highest BCUT2D eigenvalue weighted by molar-refractivity contribution is 4.91. The molecule has 0 heterocycles. The van der Waals surface area contributed by atoms with E-state index in [0.717, 1.165) is 0 Å². The van der Waals surface area contributed by atoms with E-state index in [1.54, 1.807) is 0 Å². The fraction of sp³-hybridized carbons (Fsp3) is 0.600. The van der Waals surface area contributed by atoms with Gasteiger partial charge in [0.05, 0.1) is 0 Å². The molecule has 0 saturated carbocycles. The van der Waals surface area contributed by atoms with Crippen LogP contribution in [0, 0.1) is 0 Å². The van der Waals surface area contributed by atoms with Crippen LogP contribution < -0.4 is 0 Å². The fourth-order valence-electron chi connectivity index (χ4n) is 0.577. The summed E-state index contributed by atoms with van der Waals surface area (Å²) in [5.41, 5.74) is -1.12. The van der Waals surface area contributed by atoms with Gasteiger partial charge in [-0.15, -0.1) is 26.3 Å². The average Bonchev–Trinajstić information content (AvgIpc) is 1.49. The first-order valence-electron chi connectivity index (χ1n) is 2.66. The number of rotatable bonds is 1. The molecule has 0 saturated heterocycles. The molecule has 0 aliphatic rings. The molecule has 0 aromatic rings. The van der Waals surface area contributed by atoms with E-state index in [2.05, 4.69) is 6.58 Å². The third kappa shape index (κ3) is 2.63. The van der Waals surface area contributed by atoms with Crippen LogP contribution in [0.3, 0.4) is 0 Å². The van der Waals surface area contributed by atoms with Gasteiger partial charge < -0.3 is 0 Å². The minimum absolute atomic E-state index is 0.626. The minimum Gasteiger partial charge on any atom is -0.198 e. The van der Waals surface area contributed by atoms with Crippen molar-refractivity contribution in [2.75, 3.05) is 0 Å². The Balaban J connectivity index is 4.82. The molecule has 0 rings (SSSR count). The first-order valence-corrected chi connectivity index (χ1v) is 2.66. The number of alkyl halides is 6. The summed E-state index contributed by atoms with van der Waals surface area (Å²) < 4.78 is 69.7. The Bertz CT molecular complexity index is 163. The second-order valence-electron chi connectivity index (χ2n) is 2.01. The number of nitrogens with zero attached hydrogens (tertiary/aromatic N) is 1. The van der Waals surface area contributed by atoms with E-state index < -0.39 is 23.2 Å². The molecule has 12 heavy (non-hydrogen) atoms. The number of hydrogen-bond donors (Lipinski definition) is 0. The lowest BCUT2D eigenvalue weighted by Gasteiger charge is -2.28. The Hall–Kier alpha value is -0.880. The van der Waals surface area contributed by atoms with Gasteiger partial charge in [0.15, 0.2) is 0 Å². The lowest BCUT2D eigenvalue weighted by atomic mass is 10.5. The average molecular weight is 193 g/mol. The van der Waals surface area contributed by atoms with E-state index in [1.807, 2.05) is 0 Å². The van der Waals surface area contributed by atoms with Crippen LogP contribution in [0.5, 0.6) is 0 Å². The molecule has 0 aromatic heterocycles. The van der Waals surface area contributed by atoms with Crippen LogP contribution in [-0.2, 0) is 0 Å². The molecule has 0 spiro atoms. The molecule has 0 N–H and O–H groups in total. The maximum atomic E-state index is 11.6. The Labute approximate surface area is 64.3 Å². The maximum absolute atomic E-state index is 11.6. The van der Waals surface area contributed by atoms with E-state index in [-0.39, 0.29) is 0 Å². The SMILES string of the molecule is C=C(C)N(C(F)(F)F)C(F)(F)F. The van der Waals surface area contributed by atoms with E-state index in [9.17, 15) is 26.3 Å². The predicted octanol–water partition coefficient (Wildman–Crippen LogP) is 2.86. The van der Waals surface area contributed by atoms with Crippen LogP contribution in [0.25, 0.3) is 0 Å². The van der Waals surface area contributed by atoms with Crippen molar-refractivity contribution in [2.24, 2.45) is 0 Å². The van der Waals surface area contributed by atoms with Gasteiger partial charge in [-0.1, -0.05) is 6.58 Å². The summed E-state index contributed by atoms with van der Waals surface area (Å²) in [6.45, 7) is 3.20. The van der Waals surface area contributed by atoms with Gasteiger partial charge in [0, 0.05) is 5.70 Å². The van der Waals surface area contributed by atoms with Gasteiger partial charge in [0.1, 0.15) is 0 Å². The van der Waals surface area contributed by atoms with Gasteiger partial charge in [-0.2, -0.15) is 4.90 Å². The van der Waals surface area contributed by atoms with E-state index in [1.165, 1.54) is 0 Å². The fourth-order valence-corrected chi connectivity index (χ4v) is 0.577. The number of halogens is 6. The van der Waals surface area contributed by atoms with Crippen molar-refractivity contribution in [2.45, 2.75) is 19.5 Å². The predicted molar refractivity (Wildman–Crippen MR) is 28.8 cm³/mol. The Kier molecular flexibility index (Phi) is 2.66. The normalized spacial score (nSPS) is 12.9. The van der Waals surface area contributed by atoms with Gasteiger partial charge in [0.25, 0.3) is 0 Å². The Morgan fingerprint density at radius 3 is 1.25 bits per heavy atom. The Morgan fingerprint density at radius 2 is 1.25 bits per heavy atom. The maximum Gasteiger partial charge on any atom is 0.491 e. The lowest BCUT2D eigenvalue weighted by molar-refractivity contribution is -0.358. The third-order valence-corrected chi connectivity index (χ3v) is 0.889. The first kappa shape index (κ1) is 11.1. The molecule has 0 atom stereocenters. The molecule has 0 aliphatic carbocycles. The van der Waals surface area contributed by atoms with Crippen molar-refractivity contribution in [1.82, 2.24) is 4.90 Å². The lowest BCUT2D eigenvalue weighted by Crippen LogP contribution is -2.46. The number of hydrogen-bond acceptors (Lipinski definition) is 1. The van der Waals surface area contributed by atoms with Crippen molar-refractivity contribution in [3.8, 4) is 0 Å². The van der Waals surface area contributed by atoms with Crippen molar-refractivity contribution in [3.05, 3.63) is 12.3 Å². The molecule has 0 aliphatic heterocycles. The Morgan fingerprint density at radius 1 is 1.00 bits per heavy atom. The molecule has 0 amide bonds. The highest BCUT2D eigenvalue weighted by Crippen LogP contribution is 2.36. The topological polar surface area (TPSA) is 3.24 Å². The molecule has 0 fully saturated rings. The molecule has 0 radical (unpaired) electrons. The largest absolute Gasteiger partial charge is 0.491 e. The molecule has 7 heteroatoms. The molecular weight excluding hydrogens is 188 g/mol. The van der Waals surface area contributed by atoms with Gasteiger partial charge in [-0.3, -0.25) is 0 Å². The first-order chi connectivity index (χ1) is 5.07. The zero-order chi connectivity index (χ0) is 10.2. The van der Waals surface area contributed by atoms with E-state index in [0.29, 0.717) is 6.92 Å². The summed E-state index contributed by atoms with van der Waals surface area (Å²) in [6.07, 6.45) is -10.9. The van der Waals surface area contributed by atoms with E-state index in [4.69, 9.17) is 0 Å². The highest BCUT2D eigenvalue weighted by Gasteiger charge is 2.53. The van der Waals surface area contributed by atoms with E-state index >= 15 is 0 Å². The van der Waals surface area contributed by atoms with Gasteiger partial charge in [-0.25, -0.2) is 0 Å². The molecular formula is C5H5F6N. The second-order valence-corrected chi connectivity index (χ2v) is 2.01. The van der Waals surface area contributed by atoms with Crippen molar-refractivity contribution in [1.29, 1.82) is 0 Å². The minimum atomic E-state index is -5.47. The molecule has 0 aromatic carbocycles. The molecule has 1 nitrogen and oxygen atoms in total.